The summed E-state index contributed by atoms with van der Waals surface area (Å²) in [5.74, 6) is -0.163. The van der Waals surface area contributed by atoms with E-state index in [9.17, 15) is 9.59 Å². The van der Waals surface area contributed by atoms with Crippen molar-refractivity contribution in [3.8, 4) is 5.75 Å². The average Bonchev–Trinajstić information content (AvgIpc) is 2.72. The second kappa shape index (κ2) is 9.37. The van der Waals surface area contributed by atoms with E-state index >= 15 is 0 Å². The molecule has 0 unspecified atom stereocenters. The summed E-state index contributed by atoms with van der Waals surface area (Å²) < 4.78 is 5.82. The third kappa shape index (κ3) is 5.33. The standard InChI is InChI=1S/C22H26N2O4/c1-23(15-21(25)26)19-10-12-24(13-11-19)22(27)18-8-5-9-20(14-18)28-16-17-6-3-2-4-7-17/h2-9,14,19H,10-13,15-16H2,1H3,(H,25,26). The van der Waals surface area contributed by atoms with Gasteiger partial charge >= 0.3 is 5.97 Å². The lowest BCUT2D eigenvalue weighted by molar-refractivity contribution is -0.138. The molecule has 1 saturated heterocycles. The molecule has 0 saturated carbocycles. The summed E-state index contributed by atoms with van der Waals surface area (Å²) >= 11 is 0. The van der Waals surface area contributed by atoms with Gasteiger partial charge in [0.1, 0.15) is 12.4 Å². The van der Waals surface area contributed by atoms with Crippen LogP contribution in [0, 0.1) is 0 Å². The molecule has 1 aliphatic rings. The quantitative estimate of drug-likeness (QED) is 0.797. The molecule has 0 atom stereocenters. The number of ether oxygens (including phenoxy) is 1. The molecule has 28 heavy (non-hydrogen) atoms. The van der Waals surface area contributed by atoms with Crippen LogP contribution in [0.5, 0.6) is 5.75 Å². The second-order valence-corrected chi connectivity index (χ2v) is 7.13. The Balaban J connectivity index is 1.55. The molecule has 1 aliphatic heterocycles. The molecule has 2 aromatic carbocycles. The Kier molecular flexibility index (Phi) is 6.66. The van der Waals surface area contributed by atoms with Gasteiger partial charge in [-0.25, -0.2) is 0 Å². The highest BCUT2D eigenvalue weighted by Gasteiger charge is 2.26. The minimum Gasteiger partial charge on any atom is -0.489 e. The lowest BCUT2D eigenvalue weighted by Crippen LogP contribution is -2.46. The zero-order valence-corrected chi connectivity index (χ0v) is 16.1. The van der Waals surface area contributed by atoms with Crippen LogP contribution in [0.15, 0.2) is 54.6 Å². The smallest absolute Gasteiger partial charge is 0.317 e. The maximum absolute atomic E-state index is 12.8. The van der Waals surface area contributed by atoms with Gasteiger partial charge in [-0.15, -0.1) is 0 Å². The number of nitrogens with zero attached hydrogens (tertiary/aromatic N) is 2. The van der Waals surface area contributed by atoms with Crippen LogP contribution in [0.25, 0.3) is 0 Å². The van der Waals surface area contributed by atoms with Crippen LogP contribution in [-0.4, -0.2) is 59.5 Å². The predicted molar refractivity (Wildman–Crippen MR) is 106 cm³/mol. The normalized spacial score (nSPS) is 14.9. The molecule has 3 rings (SSSR count). The summed E-state index contributed by atoms with van der Waals surface area (Å²) in [4.78, 5) is 27.4. The highest BCUT2D eigenvalue weighted by molar-refractivity contribution is 5.94. The van der Waals surface area contributed by atoms with Crippen LogP contribution in [0.2, 0.25) is 0 Å². The Hall–Kier alpha value is -2.86. The van der Waals surface area contributed by atoms with Gasteiger partial charge in [-0.2, -0.15) is 0 Å². The SMILES string of the molecule is CN(CC(=O)O)C1CCN(C(=O)c2cccc(OCc3ccccc3)c2)CC1. The molecule has 2 aromatic rings. The number of likely N-dealkylation sites (N-methyl/N-ethyl adjacent to an activating group) is 1. The largest absolute Gasteiger partial charge is 0.489 e. The average molecular weight is 382 g/mol. The number of aliphatic carboxylic acids is 1. The lowest BCUT2D eigenvalue weighted by Gasteiger charge is -2.36. The van der Waals surface area contributed by atoms with Crippen molar-refractivity contribution in [3.05, 3.63) is 65.7 Å². The molecule has 0 aromatic heterocycles. The number of amides is 1. The molecule has 148 valence electrons. The third-order valence-electron chi connectivity index (χ3n) is 5.09. The van der Waals surface area contributed by atoms with Gasteiger partial charge in [-0.3, -0.25) is 14.5 Å². The molecule has 0 radical (unpaired) electrons. The molecule has 1 amide bonds. The molecule has 1 fully saturated rings. The first-order valence-electron chi connectivity index (χ1n) is 9.51. The van der Waals surface area contributed by atoms with E-state index in [-0.39, 0.29) is 18.5 Å². The molecule has 0 bridgehead atoms. The molecule has 1 N–H and O–H groups in total. The van der Waals surface area contributed by atoms with Crippen molar-refractivity contribution in [2.45, 2.75) is 25.5 Å². The van der Waals surface area contributed by atoms with Crippen LogP contribution < -0.4 is 4.74 Å². The number of rotatable bonds is 7. The van der Waals surface area contributed by atoms with Gasteiger partial charge < -0.3 is 14.7 Å². The van der Waals surface area contributed by atoms with Crippen LogP contribution >= 0.6 is 0 Å². The Morgan fingerprint density at radius 1 is 1.11 bits per heavy atom. The van der Waals surface area contributed by atoms with E-state index in [1.807, 2.05) is 59.3 Å². The highest BCUT2D eigenvalue weighted by Crippen LogP contribution is 2.20. The van der Waals surface area contributed by atoms with Crippen molar-refractivity contribution in [2.24, 2.45) is 0 Å². The second-order valence-electron chi connectivity index (χ2n) is 7.13. The van der Waals surface area contributed by atoms with Crippen molar-refractivity contribution >= 4 is 11.9 Å². The molecule has 6 nitrogen and oxygen atoms in total. The first kappa shape index (κ1) is 19.9. The summed E-state index contributed by atoms with van der Waals surface area (Å²) in [7, 11) is 1.82. The number of carbonyl (C=O) groups excluding carboxylic acids is 1. The number of hydrogen-bond acceptors (Lipinski definition) is 4. The number of benzene rings is 2. The van der Waals surface area contributed by atoms with Gasteiger partial charge in [0, 0.05) is 24.7 Å². The molecular weight excluding hydrogens is 356 g/mol. The number of carbonyl (C=O) groups is 2. The Labute approximate surface area is 165 Å². The van der Waals surface area contributed by atoms with Gasteiger partial charge in [-0.05, 0) is 43.7 Å². The zero-order chi connectivity index (χ0) is 19.9. The fourth-order valence-electron chi connectivity index (χ4n) is 3.49. The monoisotopic (exact) mass is 382 g/mol. The van der Waals surface area contributed by atoms with E-state index in [0.29, 0.717) is 31.0 Å². The summed E-state index contributed by atoms with van der Waals surface area (Å²) in [6.07, 6.45) is 1.55. The number of carboxylic acids is 1. The van der Waals surface area contributed by atoms with Crippen LogP contribution in [0.4, 0.5) is 0 Å². The molecule has 0 spiro atoms. The maximum Gasteiger partial charge on any atom is 0.317 e. The van der Waals surface area contributed by atoms with Crippen molar-refractivity contribution in [2.75, 3.05) is 26.7 Å². The maximum atomic E-state index is 12.8. The van der Waals surface area contributed by atoms with Crippen molar-refractivity contribution in [3.63, 3.8) is 0 Å². The Bertz CT molecular complexity index is 801. The minimum atomic E-state index is -0.826. The van der Waals surface area contributed by atoms with E-state index in [0.717, 1.165) is 18.4 Å². The van der Waals surface area contributed by atoms with Crippen molar-refractivity contribution < 1.29 is 19.4 Å². The van der Waals surface area contributed by atoms with Gasteiger partial charge in [-0.1, -0.05) is 36.4 Å². The summed E-state index contributed by atoms with van der Waals surface area (Å²) in [5.41, 5.74) is 1.69. The highest BCUT2D eigenvalue weighted by atomic mass is 16.5. The van der Waals surface area contributed by atoms with Gasteiger partial charge in [0.05, 0.1) is 6.54 Å². The van der Waals surface area contributed by atoms with E-state index in [2.05, 4.69) is 0 Å². The summed E-state index contributed by atoms with van der Waals surface area (Å²) in [5, 5.41) is 8.93. The van der Waals surface area contributed by atoms with Crippen molar-refractivity contribution in [1.82, 2.24) is 9.80 Å². The van der Waals surface area contributed by atoms with E-state index < -0.39 is 5.97 Å². The lowest BCUT2D eigenvalue weighted by atomic mass is 10.0. The zero-order valence-electron chi connectivity index (χ0n) is 16.1. The molecule has 1 heterocycles. The first-order valence-corrected chi connectivity index (χ1v) is 9.51. The first-order chi connectivity index (χ1) is 13.5. The fourth-order valence-corrected chi connectivity index (χ4v) is 3.49. The number of carboxylic acid groups (broad SMARTS) is 1. The van der Waals surface area contributed by atoms with Crippen molar-refractivity contribution in [1.29, 1.82) is 0 Å². The van der Waals surface area contributed by atoms with E-state index in [1.54, 1.807) is 12.1 Å². The number of likely N-dealkylation sites (tertiary alicyclic amines) is 1. The van der Waals surface area contributed by atoms with Gasteiger partial charge in [0.15, 0.2) is 0 Å². The topological polar surface area (TPSA) is 70.1 Å². The summed E-state index contributed by atoms with van der Waals surface area (Å²) in [6.45, 7) is 1.74. The van der Waals surface area contributed by atoms with Crippen LogP contribution in [-0.2, 0) is 11.4 Å². The minimum absolute atomic E-state index is 0.00972. The number of hydrogen-bond donors (Lipinski definition) is 1. The molecule has 6 heteroatoms. The molecular formula is C22H26N2O4. The van der Waals surface area contributed by atoms with Gasteiger partial charge in [0.2, 0.25) is 0 Å². The van der Waals surface area contributed by atoms with Gasteiger partial charge in [0.25, 0.3) is 5.91 Å². The fraction of sp³-hybridized carbons (Fsp3) is 0.364. The van der Waals surface area contributed by atoms with Crippen LogP contribution in [0.1, 0.15) is 28.8 Å². The number of piperidine rings is 1. The molecule has 0 aliphatic carbocycles. The summed E-state index contributed by atoms with van der Waals surface area (Å²) in [6, 6.07) is 17.4. The predicted octanol–water partition coefficient (Wildman–Crippen LogP) is 2.89. The van der Waals surface area contributed by atoms with Crippen LogP contribution in [0.3, 0.4) is 0 Å². The van der Waals surface area contributed by atoms with E-state index in [1.165, 1.54) is 0 Å². The van der Waals surface area contributed by atoms with E-state index in [4.69, 9.17) is 9.84 Å². The Morgan fingerprint density at radius 2 is 1.82 bits per heavy atom. The third-order valence-corrected chi connectivity index (χ3v) is 5.09. The Morgan fingerprint density at radius 3 is 2.50 bits per heavy atom.